The van der Waals surface area contributed by atoms with E-state index in [1.807, 2.05) is 12.3 Å². The van der Waals surface area contributed by atoms with Crippen LogP contribution in [0, 0.1) is 5.82 Å². The number of H-pyrrole nitrogens is 1. The third-order valence-electron chi connectivity index (χ3n) is 2.36. The van der Waals surface area contributed by atoms with Crippen LogP contribution in [-0.2, 0) is 6.42 Å². The van der Waals surface area contributed by atoms with E-state index in [2.05, 4.69) is 4.98 Å². The molecule has 0 aliphatic carbocycles. The van der Waals surface area contributed by atoms with Gasteiger partial charge in [0, 0.05) is 17.1 Å². The maximum absolute atomic E-state index is 13.2. The van der Waals surface area contributed by atoms with Crippen molar-refractivity contribution in [3.05, 3.63) is 35.8 Å². The van der Waals surface area contributed by atoms with Crippen LogP contribution in [0.4, 0.5) is 4.39 Å². The van der Waals surface area contributed by atoms with Gasteiger partial charge < -0.3 is 10.7 Å². The third kappa shape index (κ3) is 1.63. The second-order valence-corrected chi connectivity index (χ2v) is 3.40. The van der Waals surface area contributed by atoms with Gasteiger partial charge in [-0.3, -0.25) is 0 Å². The molecule has 0 atom stereocenters. The number of aryl methyl sites for hydroxylation is 1. The van der Waals surface area contributed by atoms with E-state index in [-0.39, 0.29) is 5.82 Å². The van der Waals surface area contributed by atoms with Crippen LogP contribution in [0.3, 0.4) is 0 Å². The van der Waals surface area contributed by atoms with Crippen molar-refractivity contribution in [2.45, 2.75) is 12.8 Å². The molecule has 3 heteroatoms. The highest BCUT2D eigenvalue weighted by atomic mass is 19.1. The Morgan fingerprint density at radius 2 is 2.21 bits per heavy atom. The standard InChI is InChI=1S/C11H13FN2/c12-10-6-8(2-1-4-13)11-9(7-10)3-5-14-11/h3,5-7,14H,1-2,4,13H2. The first kappa shape index (κ1) is 9.21. The minimum absolute atomic E-state index is 0.177. The van der Waals surface area contributed by atoms with Crippen molar-refractivity contribution in [1.82, 2.24) is 4.98 Å². The summed E-state index contributed by atoms with van der Waals surface area (Å²) in [4.78, 5) is 3.12. The number of aromatic amines is 1. The van der Waals surface area contributed by atoms with Crippen LogP contribution in [-0.4, -0.2) is 11.5 Å². The largest absolute Gasteiger partial charge is 0.361 e. The van der Waals surface area contributed by atoms with Gasteiger partial charge in [-0.15, -0.1) is 0 Å². The van der Waals surface area contributed by atoms with Gasteiger partial charge in [0.05, 0.1) is 0 Å². The summed E-state index contributed by atoms with van der Waals surface area (Å²) in [7, 11) is 0. The quantitative estimate of drug-likeness (QED) is 0.769. The van der Waals surface area contributed by atoms with Crippen molar-refractivity contribution in [2.75, 3.05) is 6.54 Å². The normalized spacial score (nSPS) is 11.0. The molecule has 2 rings (SSSR count). The molecular formula is C11H13FN2. The molecule has 0 saturated carbocycles. The Kier molecular flexibility index (Phi) is 2.50. The molecule has 0 unspecified atom stereocenters. The van der Waals surface area contributed by atoms with Crippen molar-refractivity contribution in [3.8, 4) is 0 Å². The molecule has 0 amide bonds. The Balaban J connectivity index is 2.44. The average Bonchev–Trinajstić information content (AvgIpc) is 2.61. The molecule has 0 bridgehead atoms. The number of rotatable bonds is 3. The van der Waals surface area contributed by atoms with E-state index in [0.29, 0.717) is 6.54 Å². The van der Waals surface area contributed by atoms with Crippen LogP contribution in [0.5, 0.6) is 0 Å². The van der Waals surface area contributed by atoms with Gasteiger partial charge in [0.1, 0.15) is 5.82 Å². The highest BCUT2D eigenvalue weighted by Gasteiger charge is 2.04. The van der Waals surface area contributed by atoms with E-state index in [9.17, 15) is 4.39 Å². The molecule has 1 aromatic heterocycles. The lowest BCUT2D eigenvalue weighted by molar-refractivity contribution is 0.627. The number of aromatic nitrogens is 1. The zero-order valence-corrected chi connectivity index (χ0v) is 7.89. The van der Waals surface area contributed by atoms with Crippen molar-refractivity contribution < 1.29 is 4.39 Å². The van der Waals surface area contributed by atoms with Gasteiger partial charge in [-0.1, -0.05) is 0 Å². The zero-order chi connectivity index (χ0) is 9.97. The Bertz CT molecular complexity index is 434. The highest BCUT2D eigenvalue weighted by Crippen LogP contribution is 2.20. The Hall–Kier alpha value is -1.35. The first-order valence-corrected chi connectivity index (χ1v) is 4.77. The lowest BCUT2D eigenvalue weighted by Gasteiger charge is -2.02. The Morgan fingerprint density at radius 1 is 1.36 bits per heavy atom. The molecule has 0 saturated heterocycles. The minimum Gasteiger partial charge on any atom is -0.361 e. The number of benzene rings is 1. The maximum atomic E-state index is 13.2. The lowest BCUT2D eigenvalue weighted by atomic mass is 10.1. The summed E-state index contributed by atoms with van der Waals surface area (Å²) in [5.41, 5.74) is 7.47. The first-order valence-electron chi connectivity index (χ1n) is 4.77. The number of halogens is 1. The number of fused-ring (bicyclic) bond motifs is 1. The summed E-state index contributed by atoms with van der Waals surface area (Å²) in [5, 5.41) is 0.928. The molecule has 1 heterocycles. The second kappa shape index (κ2) is 3.80. The molecule has 14 heavy (non-hydrogen) atoms. The predicted octanol–water partition coefficient (Wildman–Crippen LogP) is 2.20. The van der Waals surface area contributed by atoms with Crippen molar-refractivity contribution in [2.24, 2.45) is 5.73 Å². The van der Waals surface area contributed by atoms with Gasteiger partial charge in [0.25, 0.3) is 0 Å². The first-order chi connectivity index (χ1) is 6.81. The molecular weight excluding hydrogens is 179 g/mol. The molecule has 2 nitrogen and oxygen atoms in total. The molecule has 0 spiro atoms. The molecule has 74 valence electrons. The fourth-order valence-corrected chi connectivity index (χ4v) is 1.70. The predicted molar refractivity (Wildman–Crippen MR) is 55.6 cm³/mol. The number of hydrogen-bond acceptors (Lipinski definition) is 1. The van der Waals surface area contributed by atoms with E-state index < -0.39 is 0 Å². The van der Waals surface area contributed by atoms with E-state index in [1.165, 1.54) is 6.07 Å². The molecule has 2 aromatic rings. The lowest BCUT2D eigenvalue weighted by Crippen LogP contribution is -2.01. The highest BCUT2D eigenvalue weighted by molar-refractivity contribution is 5.82. The van der Waals surface area contributed by atoms with Crippen molar-refractivity contribution in [3.63, 3.8) is 0 Å². The van der Waals surface area contributed by atoms with Crippen LogP contribution in [0.1, 0.15) is 12.0 Å². The van der Waals surface area contributed by atoms with Gasteiger partial charge in [-0.25, -0.2) is 4.39 Å². The minimum atomic E-state index is -0.177. The van der Waals surface area contributed by atoms with Crippen LogP contribution < -0.4 is 5.73 Å². The molecule has 0 aliphatic heterocycles. The summed E-state index contributed by atoms with van der Waals surface area (Å²) in [6.07, 6.45) is 3.54. The molecule has 1 aromatic carbocycles. The number of nitrogens with one attached hydrogen (secondary N) is 1. The average molecular weight is 192 g/mol. The van der Waals surface area contributed by atoms with Crippen molar-refractivity contribution >= 4 is 10.9 Å². The fraction of sp³-hybridized carbons (Fsp3) is 0.273. The summed E-state index contributed by atoms with van der Waals surface area (Å²) in [6.45, 7) is 0.638. The van der Waals surface area contributed by atoms with E-state index in [4.69, 9.17) is 5.73 Å². The monoisotopic (exact) mass is 192 g/mol. The van der Waals surface area contributed by atoms with Gasteiger partial charge >= 0.3 is 0 Å². The Morgan fingerprint density at radius 3 is 3.00 bits per heavy atom. The van der Waals surface area contributed by atoms with E-state index in [1.54, 1.807) is 6.07 Å². The summed E-state index contributed by atoms with van der Waals surface area (Å²) in [6, 6.07) is 5.00. The summed E-state index contributed by atoms with van der Waals surface area (Å²) < 4.78 is 13.2. The second-order valence-electron chi connectivity index (χ2n) is 3.40. The Labute approximate surface area is 81.9 Å². The van der Waals surface area contributed by atoms with Gasteiger partial charge in [0.2, 0.25) is 0 Å². The molecule has 0 fully saturated rings. The summed E-state index contributed by atoms with van der Waals surface area (Å²) >= 11 is 0. The summed E-state index contributed by atoms with van der Waals surface area (Å²) in [5.74, 6) is -0.177. The fourth-order valence-electron chi connectivity index (χ4n) is 1.70. The number of nitrogens with two attached hydrogens (primary N) is 1. The zero-order valence-electron chi connectivity index (χ0n) is 7.89. The molecule has 3 N–H and O–H groups in total. The SMILES string of the molecule is NCCCc1cc(F)cc2cc[nH]c12. The van der Waals surface area contributed by atoms with Gasteiger partial charge in [-0.2, -0.15) is 0 Å². The van der Waals surface area contributed by atoms with Crippen LogP contribution in [0.15, 0.2) is 24.4 Å². The third-order valence-corrected chi connectivity index (χ3v) is 2.36. The van der Waals surface area contributed by atoms with Crippen LogP contribution >= 0.6 is 0 Å². The molecule has 0 aliphatic rings. The smallest absolute Gasteiger partial charge is 0.124 e. The van der Waals surface area contributed by atoms with E-state index >= 15 is 0 Å². The van der Waals surface area contributed by atoms with Crippen LogP contribution in [0.25, 0.3) is 10.9 Å². The van der Waals surface area contributed by atoms with Gasteiger partial charge in [-0.05, 0) is 43.1 Å². The topological polar surface area (TPSA) is 41.8 Å². The number of hydrogen-bond donors (Lipinski definition) is 2. The van der Waals surface area contributed by atoms with Crippen molar-refractivity contribution in [1.29, 1.82) is 0 Å². The van der Waals surface area contributed by atoms with Crippen LogP contribution in [0.2, 0.25) is 0 Å². The van der Waals surface area contributed by atoms with Gasteiger partial charge in [0.15, 0.2) is 0 Å². The molecule has 0 radical (unpaired) electrons. The maximum Gasteiger partial charge on any atom is 0.124 e. The van der Waals surface area contributed by atoms with E-state index in [0.717, 1.165) is 29.3 Å².